The first-order valence-corrected chi connectivity index (χ1v) is 8.28. The van der Waals surface area contributed by atoms with E-state index >= 15 is 0 Å². The number of nitrogens with zero attached hydrogens (tertiary/aromatic N) is 1. The smallest absolute Gasteiger partial charge is 0.331 e. The first kappa shape index (κ1) is 16.9. The normalized spacial score (nSPS) is 19.0. The van der Waals surface area contributed by atoms with Crippen LogP contribution in [0.4, 0.5) is 0 Å². The van der Waals surface area contributed by atoms with Gasteiger partial charge in [0.2, 0.25) is 5.78 Å². The molecule has 2 atom stereocenters. The van der Waals surface area contributed by atoms with Gasteiger partial charge in [-0.3, -0.25) is 10.2 Å². The maximum absolute atomic E-state index is 12.9. The summed E-state index contributed by atoms with van der Waals surface area (Å²) in [4.78, 5) is 25.2. The first-order chi connectivity index (χ1) is 12.1. The van der Waals surface area contributed by atoms with Crippen LogP contribution in [0.15, 0.2) is 59.7 Å². The van der Waals surface area contributed by atoms with Crippen LogP contribution in [0.25, 0.3) is 0 Å². The maximum Gasteiger partial charge on any atom is 0.331 e. The Balaban J connectivity index is 1.97. The second kappa shape index (κ2) is 7.30. The van der Waals surface area contributed by atoms with E-state index in [1.165, 1.54) is 0 Å². The summed E-state index contributed by atoms with van der Waals surface area (Å²) in [5.74, 6) is -1.08. The molecule has 2 unspecified atom stereocenters. The minimum absolute atomic E-state index is 0.189. The lowest BCUT2D eigenvalue weighted by molar-refractivity contribution is -0.145. The van der Waals surface area contributed by atoms with E-state index in [1.807, 2.05) is 37.3 Å². The van der Waals surface area contributed by atoms with Crippen molar-refractivity contribution in [3.8, 4) is 0 Å². The van der Waals surface area contributed by atoms with E-state index in [4.69, 9.17) is 4.74 Å². The van der Waals surface area contributed by atoms with E-state index in [1.54, 1.807) is 31.2 Å². The summed E-state index contributed by atoms with van der Waals surface area (Å²) >= 11 is 0. The van der Waals surface area contributed by atoms with Gasteiger partial charge in [0.25, 0.3) is 0 Å². The molecule has 0 saturated carbocycles. The molecule has 1 aliphatic heterocycles. The summed E-state index contributed by atoms with van der Waals surface area (Å²) < 4.78 is 5.15. The van der Waals surface area contributed by atoms with E-state index in [0.717, 1.165) is 11.1 Å². The van der Waals surface area contributed by atoms with Gasteiger partial charge in [0, 0.05) is 5.56 Å². The zero-order chi connectivity index (χ0) is 17.8. The second-order valence-electron chi connectivity index (χ2n) is 5.94. The van der Waals surface area contributed by atoms with Gasteiger partial charge in [0.15, 0.2) is 6.04 Å². The Kier molecular flexibility index (Phi) is 4.93. The molecule has 0 aromatic heterocycles. The van der Waals surface area contributed by atoms with Gasteiger partial charge >= 0.3 is 5.97 Å². The van der Waals surface area contributed by atoms with Gasteiger partial charge in [-0.15, -0.1) is 0 Å². The quantitative estimate of drug-likeness (QED) is 0.673. The highest BCUT2D eigenvalue weighted by atomic mass is 16.5. The number of Topliss-reactive ketones (excluding diaryl/α,β-unsaturated/α-hetero) is 1. The van der Waals surface area contributed by atoms with Gasteiger partial charge in [0.05, 0.1) is 12.5 Å². The maximum atomic E-state index is 12.9. The van der Waals surface area contributed by atoms with Crippen molar-refractivity contribution in [2.24, 2.45) is 5.10 Å². The van der Waals surface area contributed by atoms with Crippen molar-refractivity contribution in [3.05, 3.63) is 71.3 Å². The van der Waals surface area contributed by atoms with Crippen molar-refractivity contribution in [2.45, 2.75) is 25.8 Å². The molecule has 0 fully saturated rings. The number of esters is 1. The lowest BCUT2D eigenvalue weighted by Crippen LogP contribution is -2.38. The molecule has 3 rings (SSSR count). The van der Waals surface area contributed by atoms with Crippen LogP contribution in [0.3, 0.4) is 0 Å². The highest BCUT2D eigenvalue weighted by molar-refractivity contribution is 6.48. The topological polar surface area (TPSA) is 67.8 Å². The Morgan fingerprint density at radius 3 is 2.40 bits per heavy atom. The molecule has 5 nitrogen and oxygen atoms in total. The molecule has 1 heterocycles. The lowest BCUT2D eigenvalue weighted by atomic mass is 9.85. The predicted octanol–water partition coefficient (Wildman–Crippen LogP) is 2.85. The third-order valence-electron chi connectivity index (χ3n) is 4.20. The van der Waals surface area contributed by atoms with E-state index < -0.39 is 17.9 Å². The number of hydrogen-bond donors (Lipinski definition) is 1. The zero-order valence-electron chi connectivity index (χ0n) is 14.2. The van der Waals surface area contributed by atoms with Crippen LogP contribution in [0, 0.1) is 6.92 Å². The second-order valence-corrected chi connectivity index (χ2v) is 5.94. The summed E-state index contributed by atoms with van der Waals surface area (Å²) in [7, 11) is 0. The average Bonchev–Trinajstić information content (AvgIpc) is 3.08. The molecule has 0 aliphatic carbocycles. The van der Waals surface area contributed by atoms with Gasteiger partial charge in [-0.1, -0.05) is 60.2 Å². The molecule has 1 aliphatic rings. The summed E-state index contributed by atoms with van der Waals surface area (Å²) in [5, 5.41) is 4.19. The van der Waals surface area contributed by atoms with E-state index in [0.29, 0.717) is 11.3 Å². The molecule has 0 amide bonds. The number of aryl methyl sites for hydroxylation is 1. The van der Waals surface area contributed by atoms with Crippen LogP contribution in [0.1, 0.15) is 34.3 Å². The van der Waals surface area contributed by atoms with Gasteiger partial charge < -0.3 is 4.74 Å². The zero-order valence-corrected chi connectivity index (χ0v) is 14.2. The van der Waals surface area contributed by atoms with E-state index in [9.17, 15) is 9.59 Å². The number of benzene rings is 2. The van der Waals surface area contributed by atoms with Crippen molar-refractivity contribution < 1.29 is 14.3 Å². The van der Waals surface area contributed by atoms with E-state index in [2.05, 4.69) is 10.5 Å². The number of rotatable bonds is 5. The van der Waals surface area contributed by atoms with Crippen molar-refractivity contribution in [1.82, 2.24) is 5.43 Å². The molecule has 0 bridgehead atoms. The van der Waals surface area contributed by atoms with Gasteiger partial charge in [-0.05, 0) is 19.4 Å². The number of nitrogens with one attached hydrogen (secondary N) is 1. The third-order valence-corrected chi connectivity index (χ3v) is 4.20. The molecule has 128 valence electrons. The molecular weight excluding hydrogens is 316 g/mol. The number of ether oxygens (including phenoxy) is 1. The minimum atomic E-state index is -0.703. The van der Waals surface area contributed by atoms with Gasteiger partial charge in [-0.25, -0.2) is 4.79 Å². The van der Waals surface area contributed by atoms with Crippen LogP contribution in [-0.4, -0.2) is 30.1 Å². The van der Waals surface area contributed by atoms with Crippen molar-refractivity contribution in [2.75, 3.05) is 6.61 Å². The van der Waals surface area contributed by atoms with Crippen molar-refractivity contribution in [3.63, 3.8) is 0 Å². The summed E-state index contributed by atoms with van der Waals surface area (Å²) in [6.07, 6.45) is 0. The van der Waals surface area contributed by atoms with Crippen LogP contribution < -0.4 is 5.43 Å². The Bertz CT molecular complexity index is 797. The lowest BCUT2D eigenvalue weighted by Gasteiger charge is -2.19. The van der Waals surface area contributed by atoms with Crippen LogP contribution >= 0.6 is 0 Å². The third kappa shape index (κ3) is 3.45. The number of carbonyl (C=O) groups is 2. The van der Waals surface area contributed by atoms with Gasteiger partial charge in [-0.2, -0.15) is 5.10 Å². The molecule has 0 saturated heterocycles. The Morgan fingerprint density at radius 1 is 1.08 bits per heavy atom. The Labute approximate surface area is 146 Å². The number of hydrogen-bond acceptors (Lipinski definition) is 5. The molecule has 0 radical (unpaired) electrons. The Morgan fingerprint density at radius 2 is 1.76 bits per heavy atom. The fourth-order valence-corrected chi connectivity index (χ4v) is 2.92. The molecule has 1 N–H and O–H groups in total. The molecular formula is C20H20N2O3. The summed E-state index contributed by atoms with van der Waals surface area (Å²) in [6, 6.07) is 16.0. The first-order valence-electron chi connectivity index (χ1n) is 8.28. The largest absolute Gasteiger partial charge is 0.464 e. The van der Waals surface area contributed by atoms with Gasteiger partial charge in [0.1, 0.15) is 5.71 Å². The monoisotopic (exact) mass is 336 g/mol. The number of hydrazone groups is 1. The highest BCUT2D eigenvalue weighted by Gasteiger charge is 2.41. The Hall–Kier alpha value is -2.95. The highest BCUT2D eigenvalue weighted by Crippen LogP contribution is 2.29. The van der Waals surface area contributed by atoms with Crippen LogP contribution in [0.2, 0.25) is 0 Å². The fourth-order valence-electron chi connectivity index (χ4n) is 2.92. The van der Waals surface area contributed by atoms with Crippen molar-refractivity contribution >= 4 is 17.5 Å². The summed E-state index contributed by atoms with van der Waals surface area (Å²) in [5.41, 5.74) is 5.64. The number of ketones is 1. The van der Waals surface area contributed by atoms with Crippen LogP contribution in [0.5, 0.6) is 0 Å². The molecule has 5 heteroatoms. The fraction of sp³-hybridized carbons (Fsp3) is 0.250. The van der Waals surface area contributed by atoms with E-state index in [-0.39, 0.29) is 12.4 Å². The SMILES string of the molecule is CCOC(=O)C1NN=C(C(=O)c2ccccc2)C1c1ccc(C)cc1. The molecule has 2 aromatic carbocycles. The molecule has 25 heavy (non-hydrogen) atoms. The van der Waals surface area contributed by atoms with Crippen LogP contribution in [-0.2, 0) is 9.53 Å². The number of carbonyl (C=O) groups excluding carboxylic acids is 2. The predicted molar refractivity (Wildman–Crippen MR) is 95.7 cm³/mol. The summed E-state index contributed by atoms with van der Waals surface area (Å²) in [6.45, 7) is 4.02. The molecule has 0 spiro atoms. The average molecular weight is 336 g/mol. The van der Waals surface area contributed by atoms with Crippen molar-refractivity contribution in [1.29, 1.82) is 0 Å². The standard InChI is InChI=1S/C20H20N2O3/c1-3-25-20(24)18-16(14-11-9-13(2)10-12-14)17(21-22-18)19(23)15-7-5-4-6-8-15/h4-12,16,18,22H,3H2,1-2H3. The molecule has 2 aromatic rings. The minimum Gasteiger partial charge on any atom is -0.464 e.